The third-order valence-corrected chi connectivity index (χ3v) is 3.65. The molecule has 0 aliphatic rings. The molecule has 23 heavy (non-hydrogen) atoms. The summed E-state index contributed by atoms with van der Waals surface area (Å²) in [7, 11) is 0. The summed E-state index contributed by atoms with van der Waals surface area (Å²) in [5.74, 6) is 0. The number of unbranched alkanes of at least 4 members (excludes halogenated alkanes) is 7. The topological polar surface area (TPSA) is 36.9 Å². The van der Waals surface area contributed by atoms with Crippen LogP contribution in [0.15, 0.2) is 0 Å². The minimum Gasteiger partial charge on any atom is -0.379 e. The van der Waals surface area contributed by atoms with Gasteiger partial charge in [0.15, 0.2) is 0 Å². The maximum Gasteiger partial charge on any atom is 0.0701 e. The highest BCUT2D eigenvalue weighted by atomic mass is 16.6. The summed E-state index contributed by atoms with van der Waals surface area (Å²) in [4.78, 5) is 0. The highest BCUT2D eigenvalue weighted by Gasteiger charge is 1.94. The molecule has 0 aliphatic carbocycles. The van der Waals surface area contributed by atoms with Crippen molar-refractivity contribution in [1.82, 2.24) is 0 Å². The van der Waals surface area contributed by atoms with Gasteiger partial charge in [0.1, 0.15) is 0 Å². The molecule has 0 amide bonds. The van der Waals surface area contributed by atoms with E-state index in [2.05, 4.69) is 13.8 Å². The molecule has 0 atom stereocenters. The van der Waals surface area contributed by atoms with Crippen LogP contribution in [0.5, 0.6) is 0 Å². The second-order valence-electron chi connectivity index (χ2n) is 5.92. The Morgan fingerprint density at radius 2 is 0.652 bits per heavy atom. The van der Waals surface area contributed by atoms with Crippen molar-refractivity contribution >= 4 is 0 Å². The molecule has 0 N–H and O–H groups in total. The summed E-state index contributed by atoms with van der Waals surface area (Å²) in [6.45, 7) is 10.1. The summed E-state index contributed by atoms with van der Waals surface area (Å²) >= 11 is 0. The van der Waals surface area contributed by atoms with Crippen LogP contribution in [0.2, 0.25) is 0 Å². The Bertz CT molecular complexity index is 180. The molecular formula is C19H40O4. The lowest BCUT2D eigenvalue weighted by molar-refractivity contribution is -0.00246. The Labute approximate surface area is 144 Å². The van der Waals surface area contributed by atoms with Crippen LogP contribution in [0, 0.1) is 0 Å². The van der Waals surface area contributed by atoms with Gasteiger partial charge in [-0.1, -0.05) is 58.8 Å². The van der Waals surface area contributed by atoms with Gasteiger partial charge in [-0.05, 0) is 12.8 Å². The van der Waals surface area contributed by atoms with E-state index in [0.717, 1.165) is 19.6 Å². The van der Waals surface area contributed by atoms with Crippen LogP contribution < -0.4 is 0 Å². The fraction of sp³-hybridized carbons (Fsp3) is 1.00. The maximum atomic E-state index is 5.55. The van der Waals surface area contributed by atoms with E-state index in [4.69, 9.17) is 18.9 Å². The third-order valence-electron chi connectivity index (χ3n) is 3.65. The number of ether oxygens (including phenoxy) is 4. The Kier molecular flexibility index (Phi) is 21.7. The lowest BCUT2D eigenvalue weighted by atomic mass is 10.1. The van der Waals surface area contributed by atoms with Crippen molar-refractivity contribution in [3.05, 3.63) is 0 Å². The second kappa shape index (κ2) is 21.8. The van der Waals surface area contributed by atoms with Gasteiger partial charge in [-0.2, -0.15) is 0 Å². The van der Waals surface area contributed by atoms with Gasteiger partial charge in [0.05, 0.1) is 39.6 Å². The Morgan fingerprint density at radius 1 is 0.348 bits per heavy atom. The summed E-state index contributed by atoms with van der Waals surface area (Å²) in [6, 6.07) is 0. The Morgan fingerprint density at radius 3 is 1.13 bits per heavy atom. The van der Waals surface area contributed by atoms with E-state index < -0.39 is 0 Å². The van der Waals surface area contributed by atoms with Crippen LogP contribution >= 0.6 is 0 Å². The minimum atomic E-state index is 0.635. The molecule has 0 aromatic heterocycles. The van der Waals surface area contributed by atoms with E-state index >= 15 is 0 Å². The fourth-order valence-electron chi connectivity index (χ4n) is 2.20. The lowest BCUT2D eigenvalue weighted by Gasteiger charge is -2.07. The molecule has 0 bridgehead atoms. The molecule has 0 heterocycles. The molecule has 0 aromatic carbocycles. The van der Waals surface area contributed by atoms with E-state index in [0.29, 0.717) is 39.6 Å². The quantitative estimate of drug-likeness (QED) is 0.305. The van der Waals surface area contributed by atoms with E-state index in [1.165, 1.54) is 51.4 Å². The second-order valence-corrected chi connectivity index (χ2v) is 5.92. The first-order valence-corrected chi connectivity index (χ1v) is 9.72. The molecular weight excluding hydrogens is 292 g/mol. The number of hydrogen-bond donors (Lipinski definition) is 0. The SMILES string of the molecule is CCCCCCCCOCCOCCOCCOCCCCC. The lowest BCUT2D eigenvalue weighted by Crippen LogP contribution is -2.12. The van der Waals surface area contributed by atoms with Gasteiger partial charge in [0.2, 0.25) is 0 Å². The standard InChI is InChI=1S/C19H40O4/c1-3-5-7-8-9-11-13-21-15-17-23-19-18-22-16-14-20-12-10-6-4-2/h3-19H2,1-2H3. The Balaban J connectivity index is 2.92. The zero-order valence-electron chi connectivity index (χ0n) is 15.7. The van der Waals surface area contributed by atoms with Crippen molar-refractivity contribution in [3.63, 3.8) is 0 Å². The first kappa shape index (κ1) is 22.8. The van der Waals surface area contributed by atoms with Gasteiger partial charge >= 0.3 is 0 Å². The highest BCUT2D eigenvalue weighted by Crippen LogP contribution is 2.04. The summed E-state index contributed by atoms with van der Waals surface area (Å²) in [5.41, 5.74) is 0. The van der Waals surface area contributed by atoms with Crippen molar-refractivity contribution in [1.29, 1.82) is 0 Å². The first-order chi connectivity index (χ1) is 11.4. The molecule has 0 spiro atoms. The predicted molar refractivity (Wildman–Crippen MR) is 96.2 cm³/mol. The molecule has 0 saturated carbocycles. The Hall–Kier alpha value is -0.160. The van der Waals surface area contributed by atoms with Crippen LogP contribution in [0.4, 0.5) is 0 Å². The summed E-state index contributed by atoms with van der Waals surface area (Å²) < 4.78 is 21.9. The van der Waals surface area contributed by atoms with Gasteiger partial charge in [-0.3, -0.25) is 0 Å². The zero-order valence-corrected chi connectivity index (χ0v) is 15.7. The van der Waals surface area contributed by atoms with Crippen molar-refractivity contribution in [3.8, 4) is 0 Å². The largest absolute Gasteiger partial charge is 0.379 e. The third kappa shape index (κ3) is 21.8. The molecule has 0 aromatic rings. The van der Waals surface area contributed by atoms with Gasteiger partial charge < -0.3 is 18.9 Å². The summed E-state index contributed by atoms with van der Waals surface area (Å²) in [5, 5.41) is 0. The smallest absolute Gasteiger partial charge is 0.0701 e. The molecule has 0 radical (unpaired) electrons. The van der Waals surface area contributed by atoms with Crippen LogP contribution in [0.1, 0.15) is 71.6 Å². The van der Waals surface area contributed by atoms with Crippen molar-refractivity contribution in [2.24, 2.45) is 0 Å². The van der Waals surface area contributed by atoms with Crippen molar-refractivity contribution in [2.75, 3.05) is 52.9 Å². The van der Waals surface area contributed by atoms with Gasteiger partial charge in [0.25, 0.3) is 0 Å². The predicted octanol–water partition coefficient (Wildman–Crippen LogP) is 4.60. The molecule has 0 fully saturated rings. The van der Waals surface area contributed by atoms with Crippen LogP contribution in [-0.4, -0.2) is 52.9 Å². The molecule has 4 nitrogen and oxygen atoms in total. The number of hydrogen-bond acceptors (Lipinski definition) is 4. The minimum absolute atomic E-state index is 0.635. The van der Waals surface area contributed by atoms with Crippen molar-refractivity contribution in [2.45, 2.75) is 71.6 Å². The molecule has 0 rings (SSSR count). The molecule has 0 saturated heterocycles. The molecule has 4 heteroatoms. The first-order valence-electron chi connectivity index (χ1n) is 9.72. The van der Waals surface area contributed by atoms with Crippen LogP contribution in [0.3, 0.4) is 0 Å². The average molecular weight is 333 g/mol. The van der Waals surface area contributed by atoms with Crippen molar-refractivity contribution < 1.29 is 18.9 Å². The molecule has 140 valence electrons. The van der Waals surface area contributed by atoms with E-state index in [1.807, 2.05) is 0 Å². The zero-order chi connectivity index (χ0) is 16.8. The van der Waals surface area contributed by atoms with Crippen LogP contribution in [-0.2, 0) is 18.9 Å². The summed E-state index contributed by atoms with van der Waals surface area (Å²) in [6.07, 6.45) is 11.5. The van der Waals surface area contributed by atoms with Crippen LogP contribution in [0.25, 0.3) is 0 Å². The van der Waals surface area contributed by atoms with Gasteiger partial charge in [-0.15, -0.1) is 0 Å². The van der Waals surface area contributed by atoms with Gasteiger partial charge in [0, 0.05) is 13.2 Å². The van der Waals surface area contributed by atoms with Gasteiger partial charge in [-0.25, -0.2) is 0 Å². The molecule has 0 aliphatic heterocycles. The fourth-order valence-corrected chi connectivity index (χ4v) is 2.20. The van der Waals surface area contributed by atoms with E-state index in [1.54, 1.807) is 0 Å². The highest BCUT2D eigenvalue weighted by molar-refractivity contribution is 4.43. The monoisotopic (exact) mass is 332 g/mol. The normalized spacial score (nSPS) is 11.2. The maximum absolute atomic E-state index is 5.55. The number of rotatable bonds is 20. The molecule has 0 unspecified atom stereocenters. The average Bonchev–Trinajstić information content (AvgIpc) is 2.57. The van der Waals surface area contributed by atoms with E-state index in [-0.39, 0.29) is 0 Å². The van der Waals surface area contributed by atoms with E-state index in [9.17, 15) is 0 Å².